The van der Waals surface area contributed by atoms with E-state index in [0.29, 0.717) is 6.54 Å². The minimum absolute atomic E-state index is 0.107. The van der Waals surface area contributed by atoms with Crippen LogP contribution in [0.4, 0.5) is 0 Å². The van der Waals surface area contributed by atoms with Gasteiger partial charge < -0.3 is 15.8 Å². The van der Waals surface area contributed by atoms with Crippen molar-refractivity contribution in [1.82, 2.24) is 5.32 Å². The van der Waals surface area contributed by atoms with E-state index in [4.69, 9.17) is 10.5 Å². The van der Waals surface area contributed by atoms with Crippen LogP contribution in [0.3, 0.4) is 0 Å². The number of hydrogen-bond donors (Lipinski definition) is 2. The van der Waals surface area contributed by atoms with Crippen LogP contribution in [0.5, 0.6) is 5.75 Å². The van der Waals surface area contributed by atoms with Crippen molar-refractivity contribution >= 4 is 0 Å². The van der Waals surface area contributed by atoms with Crippen LogP contribution in [0.25, 0.3) is 0 Å². The van der Waals surface area contributed by atoms with Gasteiger partial charge in [0, 0.05) is 11.6 Å². The normalized spacial score (nSPS) is 13.4. The van der Waals surface area contributed by atoms with E-state index in [0.717, 1.165) is 12.2 Å². The molecule has 3 heteroatoms. The molecule has 0 aliphatic heterocycles. The van der Waals surface area contributed by atoms with Gasteiger partial charge in [-0.25, -0.2) is 0 Å². The lowest BCUT2D eigenvalue weighted by Gasteiger charge is -2.30. The van der Waals surface area contributed by atoms with Gasteiger partial charge in [0.1, 0.15) is 5.75 Å². The van der Waals surface area contributed by atoms with E-state index in [1.165, 1.54) is 16.7 Å². The molecule has 3 nitrogen and oxygen atoms in total. The van der Waals surface area contributed by atoms with Gasteiger partial charge in [0.15, 0.2) is 0 Å². The molecule has 0 spiro atoms. The van der Waals surface area contributed by atoms with Gasteiger partial charge in [-0.3, -0.25) is 0 Å². The number of methoxy groups -OCH3 is 1. The van der Waals surface area contributed by atoms with Crippen molar-refractivity contribution in [3.05, 3.63) is 28.8 Å². The van der Waals surface area contributed by atoms with Gasteiger partial charge >= 0.3 is 0 Å². The molecule has 1 aromatic carbocycles. The Labute approximate surface area is 117 Å². The van der Waals surface area contributed by atoms with Crippen LogP contribution in [0.2, 0.25) is 0 Å². The van der Waals surface area contributed by atoms with Crippen molar-refractivity contribution in [3.8, 4) is 5.75 Å². The average molecular weight is 264 g/mol. The predicted molar refractivity (Wildman–Crippen MR) is 81.7 cm³/mol. The Morgan fingerprint density at radius 3 is 2.42 bits per heavy atom. The Hall–Kier alpha value is -1.06. The van der Waals surface area contributed by atoms with Crippen LogP contribution in [0, 0.1) is 19.3 Å². The molecule has 3 N–H and O–H groups in total. The molecule has 0 fully saturated rings. The SMILES string of the molecule is CNC(CC(C)(C)CN)c1c(C)cc(C)cc1OC. The van der Waals surface area contributed by atoms with Crippen molar-refractivity contribution in [2.24, 2.45) is 11.1 Å². The molecule has 0 saturated heterocycles. The lowest BCUT2D eigenvalue weighted by atomic mass is 9.82. The van der Waals surface area contributed by atoms with Gasteiger partial charge in [-0.15, -0.1) is 0 Å². The smallest absolute Gasteiger partial charge is 0.124 e. The van der Waals surface area contributed by atoms with E-state index in [1.807, 2.05) is 7.05 Å². The van der Waals surface area contributed by atoms with E-state index in [-0.39, 0.29) is 11.5 Å². The standard InChI is InChI=1S/C16H28N2O/c1-11-7-12(2)15(14(8-11)19-6)13(18-5)9-16(3,4)10-17/h7-8,13,18H,9-10,17H2,1-6H3. The molecule has 0 aliphatic carbocycles. The highest BCUT2D eigenvalue weighted by molar-refractivity contribution is 5.45. The third-order valence-corrected chi connectivity index (χ3v) is 3.72. The maximum atomic E-state index is 5.86. The van der Waals surface area contributed by atoms with Crippen LogP contribution in [0.15, 0.2) is 12.1 Å². The number of hydrogen-bond acceptors (Lipinski definition) is 3. The summed E-state index contributed by atoms with van der Waals surface area (Å²) in [4.78, 5) is 0. The Bertz CT molecular complexity index is 427. The number of aryl methyl sites for hydroxylation is 2. The van der Waals surface area contributed by atoms with Gasteiger partial charge in [-0.2, -0.15) is 0 Å². The summed E-state index contributed by atoms with van der Waals surface area (Å²) in [6.45, 7) is 9.32. The fourth-order valence-electron chi connectivity index (χ4n) is 2.54. The molecule has 0 heterocycles. The Morgan fingerprint density at radius 1 is 1.32 bits per heavy atom. The number of rotatable bonds is 6. The molecule has 1 atom stereocenters. The van der Waals surface area contributed by atoms with Crippen LogP contribution in [0.1, 0.15) is 43.0 Å². The van der Waals surface area contributed by atoms with Crippen LogP contribution >= 0.6 is 0 Å². The summed E-state index contributed by atoms with van der Waals surface area (Å²) < 4.78 is 5.57. The quantitative estimate of drug-likeness (QED) is 0.830. The second-order valence-electron chi connectivity index (χ2n) is 6.11. The van der Waals surface area contributed by atoms with E-state index in [2.05, 4.69) is 45.1 Å². The van der Waals surface area contributed by atoms with E-state index >= 15 is 0 Å². The second kappa shape index (κ2) is 6.40. The molecular weight excluding hydrogens is 236 g/mol. The summed E-state index contributed by atoms with van der Waals surface area (Å²) in [7, 11) is 3.73. The molecule has 0 aromatic heterocycles. The summed E-state index contributed by atoms with van der Waals surface area (Å²) in [6.07, 6.45) is 0.986. The summed E-state index contributed by atoms with van der Waals surface area (Å²) in [5.74, 6) is 0.963. The van der Waals surface area contributed by atoms with Crippen molar-refractivity contribution in [3.63, 3.8) is 0 Å². The first-order valence-corrected chi connectivity index (χ1v) is 6.87. The van der Waals surface area contributed by atoms with E-state index < -0.39 is 0 Å². The number of nitrogens with two attached hydrogens (primary N) is 1. The lowest BCUT2D eigenvalue weighted by Crippen LogP contribution is -2.30. The molecule has 0 amide bonds. The van der Waals surface area contributed by atoms with E-state index in [9.17, 15) is 0 Å². The third-order valence-electron chi connectivity index (χ3n) is 3.72. The zero-order valence-corrected chi connectivity index (χ0v) is 13.1. The molecule has 1 rings (SSSR count). The highest BCUT2D eigenvalue weighted by atomic mass is 16.5. The van der Waals surface area contributed by atoms with Gasteiger partial charge in [0.05, 0.1) is 7.11 Å². The summed E-state index contributed by atoms with van der Waals surface area (Å²) >= 11 is 0. The maximum Gasteiger partial charge on any atom is 0.124 e. The number of nitrogens with one attached hydrogen (secondary N) is 1. The summed E-state index contributed by atoms with van der Waals surface area (Å²) in [5.41, 5.74) is 9.71. The van der Waals surface area contributed by atoms with Gasteiger partial charge in [-0.1, -0.05) is 19.9 Å². The van der Waals surface area contributed by atoms with Crippen molar-refractivity contribution in [1.29, 1.82) is 0 Å². The molecule has 19 heavy (non-hydrogen) atoms. The highest BCUT2D eigenvalue weighted by Gasteiger charge is 2.25. The highest BCUT2D eigenvalue weighted by Crippen LogP contribution is 2.36. The maximum absolute atomic E-state index is 5.86. The lowest BCUT2D eigenvalue weighted by molar-refractivity contribution is 0.293. The summed E-state index contributed by atoms with van der Waals surface area (Å²) in [5, 5.41) is 3.41. The topological polar surface area (TPSA) is 47.3 Å². The first kappa shape index (κ1) is 16.0. The van der Waals surface area contributed by atoms with Crippen LogP contribution in [-0.2, 0) is 0 Å². The first-order chi connectivity index (χ1) is 8.84. The molecule has 0 bridgehead atoms. The minimum atomic E-state index is 0.107. The van der Waals surface area contributed by atoms with Gasteiger partial charge in [0.25, 0.3) is 0 Å². The molecule has 0 aliphatic rings. The largest absolute Gasteiger partial charge is 0.496 e. The molecule has 0 saturated carbocycles. The fourth-order valence-corrected chi connectivity index (χ4v) is 2.54. The zero-order valence-electron chi connectivity index (χ0n) is 13.1. The molecule has 108 valence electrons. The molecule has 0 radical (unpaired) electrons. The van der Waals surface area contributed by atoms with E-state index in [1.54, 1.807) is 7.11 Å². The van der Waals surface area contributed by atoms with Gasteiger partial charge in [0.2, 0.25) is 0 Å². The molecule has 1 unspecified atom stereocenters. The van der Waals surface area contributed by atoms with Crippen molar-refractivity contribution in [2.75, 3.05) is 20.7 Å². The predicted octanol–water partition coefficient (Wildman–Crippen LogP) is 2.95. The summed E-state index contributed by atoms with van der Waals surface area (Å²) in [6, 6.07) is 4.56. The zero-order chi connectivity index (χ0) is 14.6. The Kier molecular flexibility index (Phi) is 5.39. The second-order valence-corrected chi connectivity index (χ2v) is 6.11. The van der Waals surface area contributed by atoms with Gasteiger partial charge in [-0.05, 0) is 56.5 Å². The molecule has 1 aromatic rings. The number of ether oxygens (including phenoxy) is 1. The van der Waals surface area contributed by atoms with Crippen LogP contribution < -0.4 is 15.8 Å². The molecular formula is C16H28N2O. The number of benzene rings is 1. The van der Waals surface area contributed by atoms with Crippen molar-refractivity contribution in [2.45, 2.75) is 40.2 Å². The average Bonchev–Trinajstić information content (AvgIpc) is 2.35. The first-order valence-electron chi connectivity index (χ1n) is 6.87. The Balaban J connectivity index is 3.18. The third kappa shape index (κ3) is 3.95. The van der Waals surface area contributed by atoms with Crippen molar-refractivity contribution < 1.29 is 4.74 Å². The monoisotopic (exact) mass is 264 g/mol. The van der Waals surface area contributed by atoms with Crippen LogP contribution in [-0.4, -0.2) is 20.7 Å². The Morgan fingerprint density at radius 2 is 1.95 bits per heavy atom. The fraction of sp³-hybridized carbons (Fsp3) is 0.625. The minimum Gasteiger partial charge on any atom is -0.496 e.